The Morgan fingerprint density at radius 1 is 0.290 bits per heavy atom. The molecule has 0 fully saturated rings. The van der Waals surface area contributed by atoms with Gasteiger partial charge in [-0.3, -0.25) is 37.3 Å². The highest BCUT2D eigenvalue weighted by Gasteiger charge is 2.30. The molecule has 0 aliphatic heterocycles. The molecule has 93 heavy (non-hydrogen) atoms. The Balaban J connectivity index is 5.21. The summed E-state index contributed by atoms with van der Waals surface area (Å²) in [5.74, 6) is -0.632. The fraction of sp³-hybridized carbons (Fsp3) is 0.946. The van der Waals surface area contributed by atoms with Gasteiger partial charge in [-0.1, -0.05) is 330 Å². The number of unbranched alkanes of at least 4 members (excludes halogenated alkanes) is 43. The van der Waals surface area contributed by atoms with E-state index in [1.807, 2.05) is 0 Å². The van der Waals surface area contributed by atoms with E-state index in [2.05, 4.69) is 41.5 Å². The van der Waals surface area contributed by atoms with E-state index in [1.54, 1.807) is 0 Å². The van der Waals surface area contributed by atoms with Crippen LogP contribution in [0.5, 0.6) is 0 Å². The minimum absolute atomic E-state index is 0.105. The van der Waals surface area contributed by atoms with Crippen molar-refractivity contribution in [3.05, 3.63) is 0 Å². The number of phosphoric acid groups is 2. The summed E-state index contributed by atoms with van der Waals surface area (Å²) < 4.78 is 68.4. The van der Waals surface area contributed by atoms with Crippen molar-refractivity contribution in [2.75, 3.05) is 39.6 Å². The van der Waals surface area contributed by atoms with Crippen molar-refractivity contribution in [2.45, 2.75) is 400 Å². The maximum Gasteiger partial charge on any atom is 0.472 e. The summed E-state index contributed by atoms with van der Waals surface area (Å²) in [7, 11) is -9.90. The van der Waals surface area contributed by atoms with E-state index in [-0.39, 0.29) is 25.7 Å². The minimum Gasteiger partial charge on any atom is -0.462 e. The zero-order chi connectivity index (χ0) is 68.6. The molecule has 0 heterocycles. The topological polar surface area (TPSA) is 237 Å². The average molecular weight is 1370 g/mol. The highest BCUT2D eigenvalue weighted by atomic mass is 31.2. The maximum atomic E-state index is 13.1. The van der Waals surface area contributed by atoms with Gasteiger partial charge in [-0.25, -0.2) is 9.13 Å². The quantitative estimate of drug-likeness (QED) is 0.0222. The molecule has 3 N–H and O–H groups in total. The first-order valence-corrected chi connectivity index (χ1v) is 41.5. The normalized spacial score (nSPS) is 14.1. The van der Waals surface area contributed by atoms with Gasteiger partial charge in [-0.2, -0.15) is 0 Å². The molecule has 552 valence electrons. The summed E-state index contributed by atoms with van der Waals surface area (Å²) in [4.78, 5) is 72.6. The van der Waals surface area contributed by atoms with Crippen molar-refractivity contribution in [1.82, 2.24) is 0 Å². The number of rotatable bonds is 73. The average Bonchev–Trinajstić information content (AvgIpc) is 2.60. The van der Waals surface area contributed by atoms with Crippen LogP contribution in [0.2, 0.25) is 0 Å². The van der Waals surface area contributed by atoms with Gasteiger partial charge in [0.25, 0.3) is 0 Å². The zero-order valence-electron chi connectivity index (χ0n) is 60.6. The van der Waals surface area contributed by atoms with Crippen LogP contribution in [0.4, 0.5) is 0 Å². The molecule has 0 spiro atoms. The van der Waals surface area contributed by atoms with Crippen LogP contribution in [0, 0.1) is 11.8 Å². The molecule has 5 atom stereocenters. The van der Waals surface area contributed by atoms with E-state index >= 15 is 0 Å². The van der Waals surface area contributed by atoms with Crippen LogP contribution in [0.3, 0.4) is 0 Å². The van der Waals surface area contributed by atoms with Crippen LogP contribution in [0.1, 0.15) is 382 Å². The second-order valence-corrected chi connectivity index (χ2v) is 30.5. The first-order valence-electron chi connectivity index (χ1n) is 38.5. The molecule has 0 aromatic rings. The maximum absolute atomic E-state index is 13.1. The molecule has 19 heteroatoms. The smallest absolute Gasteiger partial charge is 0.462 e. The Labute approximate surface area is 568 Å². The van der Waals surface area contributed by atoms with Gasteiger partial charge in [0.15, 0.2) is 12.2 Å². The lowest BCUT2D eigenvalue weighted by molar-refractivity contribution is -0.161. The molecule has 0 aliphatic carbocycles. The van der Waals surface area contributed by atoms with E-state index in [0.29, 0.717) is 25.7 Å². The van der Waals surface area contributed by atoms with Crippen LogP contribution >= 0.6 is 15.6 Å². The third-order valence-corrected chi connectivity index (χ3v) is 19.1. The minimum atomic E-state index is -4.96. The standard InChI is InChI=1S/C74H144O17P2/c1-7-9-11-13-15-17-18-19-20-21-22-23-24-25-28-33-40-46-52-58-73(78)90-69(63-85-72(77)57-51-45-39-32-29-26-27-31-36-42-48-54-66(3)4)64-88-92(80,81)86-60-68(75)61-87-93(82,83)89-65-70(62-84-71(76)56-50-44-38-30-16-14-12-10-8-2)91-74(79)59-53-47-41-35-34-37-43-49-55-67(5)6/h66-70,75H,7-65H2,1-6H3,(H,80,81)(H,82,83)/t68-,69-,70-/m1/s1. The van der Waals surface area contributed by atoms with Crippen LogP contribution < -0.4 is 0 Å². The van der Waals surface area contributed by atoms with E-state index < -0.39 is 97.5 Å². The molecular weight excluding hydrogens is 1220 g/mol. The fourth-order valence-electron chi connectivity index (χ4n) is 11.3. The molecule has 2 unspecified atom stereocenters. The van der Waals surface area contributed by atoms with Crippen molar-refractivity contribution in [3.63, 3.8) is 0 Å². The van der Waals surface area contributed by atoms with E-state index in [1.165, 1.54) is 199 Å². The molecule has 0 amide bonds. The molecule has 0 rings (SSSR count). The van der Waals surface area contributed by atoms with Crippen LogP contribution in [-0.2, 0) is 65.4 Å². The predicted molar refractivity (Wildman–Crippen MR) is 377 cm³/mol. The second-order valence-electron chi connectivity index (χ2n) is 27.6. The highest BCUT2D eigenvalue weighted by Crippen LogP contribution is 2.45. The van der Waals surface area contributed by atoms with E-state index in [0.717, 1.165) is 102 Å². The SMILES string of the molecule is CCCCCCCCCCCCCCCCCCCCCC(=O)O[C@H](COC(=O)CCCCCCCCCCCCCC(C)C)COP(=O)(O)OC[C@@H](O)COP(=O)(O)OC[C@@H](COC(=O)CCCCCCCCCCC)OC(=O)CCCCCCCCCCC(C)C. The van der Waals surface area contributed by atoms with Crippen molar-refractivity contribution >= 4 is 39.5 Å². The van der Waals surface area contributed by atoms with Crippen LogP contribution in [0.15, 0.2) is 0 Å². The number of hydrogen-bond donors (Lipinski definition) is 3. The number of esters is 4. The summed E-state index contributed by atoms with van der Waals surface area (Å²) >= 11 is 0. The molecule has 0 bridgehead atoms. The summed E-state index contributed by atoms with van der Waals surface area (Å²) in [6, 6.07) is 0. The number of aliphatic hydroxyl groups is 1. The largest absolute Gasteiger partial charge is 0.472 e. The highest BCUT2D eigenvalue weighted by molar-refractivity contribution is 7.47. The van der Waals surface area contributed by atoms with Gasteiger partial charge in [0, 0.05) is 25.7 Å². The first kappa shape index (κ1) is 91.1. The first-order chi connectivity index (χ1) is 44.9. The molecule has 0 saturated heterocycles. The third kappa shape index (κ3) is 68.4. The summed E-state index contributed by atoms with van der Waals surface area (Å²) in [6.45, 7) is 9.53. The molecule has 0 aliphatic rings. The van der Waals surface area contributed by atoms with Crippen LogP contribution in [0.25, 0.3) is 0 Å². The van der Waals surface area contributed by atoms with E-state index in [9.17, 15) is 43.2 Å². The number of carbonyl (C=O) groups excluding carboxylic acids is 4. The lowest BCUT2D eigenvalue weighted by Crippen LogP contribution is -2.30. The lowest BCUT2D eigenvalue weighted by Gasteiger charge is -2.21. The Morgan fingerprint density at radius 3 is 0.731 bits per heavy atom. The van der Waals surface area contributed by atoms with Gasteiger partial charge in [-0.05, 0) is 37.5 Å². The third-order valence-electron chi connectivity index (χ3n) is 17.2. The van der Waals surface area contributed by atoms with Crippen molar-refractivity contribution in [1.29, 1.82) is 0 Å². The summed E-state index contributed by atoms with van der Waals surface area (Å²) in [6.07, 6.45) is 52.8. The van der Waals surface area contributed by atoms with Gasteiger partial charge in [-0.15, -0.1) is 0 Å². The number of carbonyl (C=O) groups is 4. The fourth-order valence-corrected chi connectivity index (χ4v) is 12.9. The molecular formula is C74H144O17P2. The Bertz CT molecular complexity index is 1800. The second kappa shape index (κ2) is 66.0. The molecule has 17 nitrogen and oxygen atoms in total. The van der Waals surface area contributed by atoms with Crippen LogP contribution in [-0.4, -0.2) is 96.7 Å². The number of phosphoric ester groups is 2. The Hall–Kier alpha value is -1.94. The van der Waals surface area contributed by atoms with Gasteiger partial charge in [0.1, 0.15) is 19.3 Å². The van der Waals surface area contributed by atoms with Gasteiger partial charge in [0.2, 0.25) is 0 Å². The molecule has 0 saturated carbocycles. The molecule has 0 aromatic carbocycles. The van der Waals surface area contributed by atoms with Crippen molar-refractivity contribution in [3.8, 4) is 0 Å². The van der Waals surface area contributed by atoms with E-state index in [4.69, 9.17) is 37.0 Å². The monoisotopic (exact) mass is 1370 g/mol. The Kier molecular flexibility index (Phi) is 64.6. The summed E-state index contributed by atoms with van der Waals surface area (Å²) in [5, 5.41) is 10.6. The zero-order valence-corrected chi connectivity index (χ0v) is 62.3. The predicted octanol–water partition coefficient (Wildman–Crippen LogP) is 21.6. The molecule has 0 radical (unpaired) electrons. The number of hydrogen-bond acceptors (Lipinski definition) is 15. The van der Waals surface area contributed by atoms with Gasteiger partial charge in [0.05, 0.1) is 26.4 Å². The van der Waals surface area contributed by atoms with Gasteiger partial charge >= 0.3 is 39.5 Å². The van der Waals surface area contributed by atoms with Crippen molar-refractivity contribution in [2.24, 2.45) is 11.8 Å². The number of ether oxygens (including phenoxy) is 4. The van der Waals surface area contributed by atoms with Crippen molar-refractivity contribution < 1.29 is 80.2 Å². The van der Waals surface area contributed by atoms with Gasteiger partial charge < -0.3 is 33.8 Å². The lowest BCUT2D eigenvalue weighted by atomic mass is 10.0. The number of aliphatic hydroxyl groups excluding tert-OH is 1. The summed E-state index contributed by atoms with van der Waals surface area (Å²) in [5.41, 5.74) is 0. The molecule has 0 aromatic heterocycles. The Morgan fingerprint density at radius 2 is 0.495 bits per heavy atom.